The summed E-state index contributed by atoms with van der Waals surface area (Å²) in [5.74, 6) is 0.339. The molecular weight excluding hydrogens is 401 g/mol. The molecule has 4 rings (SSSR count). The molecule has 0 spiro atoms. The summed E-state index contributed by atoms with van der Waals surface area (Å²) in [7, 11) is 0. The molecule has 4 aromatic rings. The Kier molecular flexibility index (Phi) is 5.15. The van der Waals surface area contributed by atoms with Gasteiger partial charge in [0, 0.05) is 17.7 Å². The first kappa shape index (κ1) is 18.9. The second kappa shape index (κ2) is 7.90. The van der Waals surface area contributed by atoms with Crippen molar-refractivity contribution in [3.63, 3.8) is 0 Å². The number of hydrogen-bond donors (Lipinski definition) is 4. The molecule has 0 aliphatic rings. The van der Waals surface area contributed by atoms with E-state index in [1.807, 2.05) is 0 Å². The maximum atomic E-state index is 13.3. The summed E-state index contributed by atoms with van der Waals surface area (Å²) in [6, 6.07) is 10.4. The Balaban J connectivity index is 1.49. The lowest BCUT2D eigenvalue weighted by Gasteiger charge is -2.08. The number of ether oxygens (including phenoxy) is 1. The molecular formula is C19H15ClFN5O3. The van der Waals surface area contributed by atoms with Crippen LogP contribution >= 0.6 is 11.6 Å². The average Bonchev–Trinajstić information content (AvgIpc) is 3.33. The summed E-state index contributed by atoms with van der Waals surface area (Å²) < 4.78 is 18.6. The SMILES string of the molecule is O=C(Nc1cc(-c2nc3cc(F)ccc3[nH]2)[nH]n1)c1ccc(OCCO)c(Cl)c1. The second-order valence-electron chi connectivity index (χ2n) is 6.09. The van der Waals surface area contributed by atoms with Gasteiger partial charge in [-0.3, -0.25) is 9.89 Å². The van der Waals surface area contributed by atoms with Crippen LogP contribution in [0.2, 0.25) is 5.02 Å². The van der Waals surface area contributed by atoms with Gasteiger partial charge in [-0.2, -0.15) is 5.10 Å². The fourth-order valence-corrected chi connectivity index (χ4v) is 2.95. The molecule has 2 aromatic carbocycles. The molecule has 0 saturated carbocycles. The van der Waals surface area contributed by atoms with Gasteiger partial charge >= 0.3 is 0 Å². The van der Waals surface area contributed by atoms with Gasteiger partial charge in [-0.1, -0.05) is 11.6 Å². The minimum atomic E-state index is -0.412. The molecule has 0 aliphatic carbocycles. The topological polar surface area (TPSA) is 116 Å². The number of nitrogens with one attached hydrogen (secondary N) is 3. The third-order valence-corrected chi connectivity index (χ3v) is 4.36. The van der Waals surface area contributed by atoms with Gasteiger partial charge < -0.3 is 20.1 Å². The molecule has 2 aromatic heterocycles. The first-order valence-electron chi connectivity index (χ1n) is 8.59. The van der Waals surface area contributed by atoms with Crippen LogP contribution in [0.5, 0.6) is 5.75 Å². The van der Waals surface area contributed by atoms with Gasteiger partial charge in [-0.15, -0.1) is 0 Å². The fourth-order valence-electron chi connectivity index (χ4n) is 2.72. The fraction of sp³-hybridized carbons (Fsp3) is 0.105. The number of aromatic nitrogens is 4. The number of aliphatic hydroxyl groups excluding tert-OH is 1. The summed E-state index contributed by atoms with van der Waals surface area (Å²) in [5.41, 5.74) is 2.01. The highest BCUT2D eigenvalue weighted by Crippen LogP contribution is 2.26. The summed E-state index contributed by atoms with van der Waals surface area (Å²) in [6.07, 6.45) is 0. The van der Waals surface area contributed by atoms with Crippen LogP contribution in [0.4, 0.5) is 10.2 Å². The van der Waals surface area contributed by atoms with Crippen molar-refractivity contribution in [1.29, 1.82) is 0 Å². The Labute approximate surface area is 168 Å². The number of hydrogen-bond acceptors (Lipinski definition) is 5. The van der Waals surface area contributed by atoms with Crippen molar-refractivity contribution in [2.75, 3.05) is 18.5 Å². The Morgan fingerprint density at radius 1 is 1.24 bits per heavy atom. The number of carbonyl (C=O) groups excluding carboxylic acids is 1. The molecule has 2 heterocycles. The van der Waals surface area contributed by atoms with E-state index in [1.165, 1.54) is 18.2 Å². The zero-order valence-corrected chi connectivity index (χ0v) is 15.6. The lowest BCUT2D eigenvalue weighted by atomic mass is 10.2. The normalized spacial score (nSPS) is 11.0. The van der Waals surface area contributed by atoms with Crippen LogP contribution in [0.1, 0.15) is 10.4 Å². The summed E-state index contributed by atoms with van der Waals surface area (Å²) >= 11 is 6.10. The van der Waals surface area contributed by atoms with Crippen LogP contribution < -0.4 is 10.1 Å². The van der Waals surface area contributed by atoms with Gasteiger partial charge in [0.15, 0.2) is 11.6 Å². The number of benzene rings is 2. The Hall–Kier alpha value is -3.43. The van der Waals surface area contributed by atoms with Crippen molar-refractivity contribution < 1.29 is 19.0 Å². The van der Waals surface area contributed by atoms with Crippen molar-refractivity contribution in [1.82, 2.24) is 20.2 Å². The van der Waals surface area contributed by atoms with E-state index in [-0.39, 0.29) is 29.9 Å². The largest absolute Gasteiger partial charge is 0.490 e. The first-order valence-corrected chi connectivity index (χ1v) is 8.97. The molecule has 1 amide bonds. The summed E-state index contributed by atoms with van der Waals surface area (Å²) in [6.45, 7) is -0.0318. The highest BCUT2D eigenvalue weighted by Gasteiger charge is 2.14. The number of anilines is 1. The second-order valence-corrected chi connectivity index (χ2v) is 6.49. The van der Waals surface area contributed by atoms with E-state index in [2.05, 4.69) is 25.5 Å². The predicted molar refractivity (Wildman–Crippen MR) is 106 cm³/mol. The first-order chi connectivity index (χ1) is 14.0. The zero-order valence-electron chi connectivity index (χ0n) is 14.9. The number of imidazole rings is 1. The zero-order chi connectivity index (χ0) is 20.4. The maximum Gasteiger partial charge on any atom is 0.256 e. The number of fused-ring (bicyclic) bond motifs is 1. The smallest absolute Gasteiger partial charge is 0.256 e. The van der Waals surface area contributed by atoms with E-state index in [0.29, 0.717) is 33.9 Å². The predicted octanol–water partition coefficient (Wildman–Crippen LogP) is 3.37. The lowest BCUT2D eigenvalue weighted by molar-refractivity contribution is 0.102. The molecule has 29 heavy (non-hydrogen) atoms. The van der Waals surface area contributed by atoms with Crippen LogP contribution in [-0.4, -0.2) is 44.4 Å². The minimum Gasteiger partial charge on any atom is -0.490 e. The van der Waals surface area contributed by atoms with E-state index in [0.717, 1.165) is 0 Å². The standard InChI is InChI=1S/C19H15ClFN5O3/c20-12-7-10(1-4-16(12)29-6-5-27)19(28)24-17-9-15(25-26-17)18-22-13-3-2-11(21)8-14(13)23-18/h1-4,7-9,27H,5-6H2,(H,22,23)(H2,24,25,26,28). The van der Waals surface area contributed by atoms with Crippen molar-refractivity contribution in [2.24, 2.45) is 0 Å². The van der Waals surface area contributed by atoms with Crippen molar-refractivity contribution in [3.05, 3.63) is 58.9 Å². The maximum absolute atomic E-state index is 13.3. The highest BCUT2D eigenvalue weighted by atomic mass is 35.5. The molecule has 10 heteroatoms. The third-order valence-electron chi connectivity index (χ3n) is 4.06. The van der Waals surface area contributed by atoms with Crippen LogP contribution in [0, 0.1) is 5.82 Å². The number of carbonyl (C=O) groups is 1. The van der Waals surface area contributed by atoms with Crippen molar-refractivity contribution >= 4 is 34.4 Å². The van der Waals surface area contributed by atoms with Crippen molar-refractivity contribution in [2.45, 2.75) is 0 Å². The van der Waals surface area contributed by atoms with E-state index in [1.54, 1.807) is 24.3 Å². The molecule has 148 valence electrons. The Bertz CT molecular complexity index is 1190. The average molecular weight is 416 g/mol. The number of aliphatic hydroxyl groups is 1. The monoisotopic (exact) mass is 415 g/mol. The van der Waals surface area contributed by atoms with Gasteiger partial charge in [0.2, 0.25) is 0 Å². The van der Waals surface area contributed by atoms with Gasteiger partial charge in [-0.05, 0) is 30.3 Å². The van der Waals surface area contributed by atoms with Gasteiger partial charge in [0.1, 0.15) is 23.9 Å². The summed E-state index contributed by atoms with van der Waals surface area (Å²) in [5, 5.41) is 18.5. The van der Waals surface area contributed by atoms with Gasteiger partial charge in [-0.25, -0.2) is 9.37 Å². The number of amides is 1. The van der Waals surface area contributed by atoms with E-state index >= 15 is 0 Å². The Morgan fingerprint density at radius 2 is 2.10 bits per heavy atom. The molecule has 0 bridgehead atoms. The third kappa shape index (κ3) is 4.05. The molecule has 8 nitrogen and oxygen atoms in total. The summed E-state index contributed by atoms with van der Waals surface area (Å²) in [4.78, 5) is 19.8. The van der Waals surface area contributed by atoms with Crippen LogP contribution in [0.15, 0.2) is 42.5 Å². The van der Waals surface area contributed by atoms with Gasteiger partial charge in [0.05, 0.1) is 22.7 Å². The molecule has 0 saturated heterocycles. The highest BCUT2D eigenvalue weighted by molar-refractivity contribution is 6.32. The molecule has 0 radical (unpaired) electrons. The number of aromatic amines is 2. The molecule has 0 fully saturated rings. The quantitative estimate of drug-likeness (QED) is 0.385. The van der Waals surface area contributed by atoms with E-state index in [9.17, 15) is 9.18 Å². The Morgan fingerprint density at radius 3 is 2.90 bits per heavy atom. The van der Waals surface area contributed by atoms with Crippen LogP contribution in [0.3, 0.4) is 0 Å². The minimum absolute atomic E-state index is 0.107. The van der Waals surface area contributed by atoms with Crippen LogP contribution in [0.25, 0.3) is 22.6 Å². The van der Waals surface area contributed by atoms with Crippen molar-refractivity contribution in [3.8, 4) is 17.3 Å². The lowest BCUT2D eigenvalue weighted by Crippen LogP contribution is -2.12. The molecule has 0 atom stereocenters. The molecule has 0 unspecified atom stereocenters. The van der Waals surface area contributed by atoms with Gasteiger partial charge in [0.25, 0.3) is 5.91 Å². The molecule has 4 N–H and O–H groups in total. The number of H-pyrrole nitrogens is 2. The van der Waals surface area contributed by atoms with E-state index in [4.69, 9.17) is 21.4 Å². The number of halogens is 2. The number of rotatable bonds is 6. The number of nitrogens with zero attached hydrogens (tertiary/aromatic N) is 2. The van der Waals surface area contributed by atoms with E-state index < -0.39 is 5.91 Å². The molecule has 0 aliphatic heterocycles. The van der Waals surface area contributed by atoms with Crippen LogP contribution in [-0.2, 0) is 0 Å².